The van der Waals surface area contributed by atoms with Gasteiger partial charge in [-0.1, -0.05) is 30.3 Å². The zero-order valence-corrected chi connectivity index (χ0v) is 14.2. The average Bonchev–Trinajstić information content (AvgIpc) is 2.88. The number of fused-ring (bicyclic) bond motifs is 1. The van der Waals surface area contributed by atoms with Gasteiger partial charge in [-0.3, -0.25) is 13.9 Å². The molecule has 2 heterocycles. The lowest BCUT2D eigenvalue weighted by molar-refractivity contribution is 0.586. The van der Waals surface area contributed by atoms with Crippen molar-refractivity contribution in [3.63, 3.8) is 0 Å². The summed E-state index contributed by atoms with van der Waals surface area (Å²) in [6.07, 6.45) is 1.01. The fourth-order valence-electron chi connectivity index (χ4n) is 2.66. The molecule has 0 fully saturated rings. The molecule has 2 aromatic heterocycles. The molecule has 0 spiro atoms. The molecule has 126 valence electrons. The number of imidazole rings is 1. The first-order chi connectivity index (χ1) is 11.2. The highest BCUT2D eigenvalue weighted by Crippen LogP contribution is 2.13. The molecule has 0 amide bonds. The molecular weight excluding hydrogens is 332 g/mol. The Labute approximate surface area is 137 Å². The van der Waals surface area contributed by atoms with E-state index in [2.05, 4.69) is 4.98 Å². The molecule has 0 atom stereocenters. The topological polar surface area (TPSA) is 96.0 Å². The van der Waals surface area contributed by atoms with Gasteiger partial charge in [-0.2, -0.15) is 4.98 Å². The van der Waals surface area contributed by atoms with Crippen LogP contribution in [0.4, 0.5) is 0 Å². The molecule has 9 heteroatoms. The van der Waals surface area contributed by atoms with Gasteiger partial charge in [-0.05, 0) is 5.56 Å². The van der Waals surface area contributed by atoms with Gasteiger partial charge in [-0.25, -0.2) is 13.2 Å². The molecule has 0 aliphatic rings. The van der Waals surface area contributed by atoms with E-state index in [0.29, 0.717) is 0 Å². The minimum atomic E-state index is -3.63. The first kappa shape index (κ1) is 16.2. The molecule has 8 nitrogen and oxygen atoms in total. The molecule has 0 bridgehead atoms. The predicted molar refractivity (Wildman–Crippen MR) is 88.9 cm³/mol. The maximum Gasteiger partial charge on any atom is 0.332 e. The third-order valence-electron chi connectivity index (χ3n) is 3.83. The number of rotatable bonds is 3. The number of benzene rings is 1. The number of sulfone groups is 1. The number of aromatic nitrogens is 4. The highest BCUT2D eigenvalue weighted by molar-refractivity contribution is 7.90. The van der Waals surface area contributed by atoms with Crippen molar-refractivity contribution in [3.8, 4) is 0 Å². The van der Waals surface area contributed by atoms with Crippen LogP contribution in [-0.2, 0) is 30.5 Å². The maximum absolute atomic E-state index is 12.8. The molecular formula is C15H16N4O4S. The van der Waals surface area contributed by atoms with Crippen molar-refractivity contribution >= 4 is 21.0 Å². The van der Waals surface area contributed by atoms with Gasteiger partial charge >= 0.3 is 5.69 Å². The Morgan fingerprint density at radius 1 is 1.04 bits per heavy atom. The molecule has 0 radical (unpaired) electrons. The van der Waals surface area contributed by atoms with Gasteiger partial charge < -0.3 is 4.57 Å². The number of hydrogen-bond donors (Lipinski definition) is 0. The van der Waals surface area contributed by atoms with Crippen LogP contribution in [0.15, 0.2) is 45.1 Å². The van der Waals surface area contributed by atoms with Gasteiger partial charge in [0.05, 0.1) is 6.54 Å². The Hall–Kier alpha value is -2.68. The summed E-state index contributed by atoms with van der Waals surface area (Å²) in [4.78, 5) is 29.2. The van der Waals surface area contributed by atoms with Crippen LogP contribution in [0.2, 0.25) is 0 Å². The molecule has 3 aromatic rings. The number of nitrogens with zero attached hydrogens (tertiary/aromatic N) is 4. The van der Waals surface area contributed by atoms with E-state index in [0.717, 1.165) is 16.4 Å². The van der Waals surface area contributed by atoms with Crippen molar-refractivity contribution < 1.29 is 8.42 Å². The van der Waals surface area contributed by atoms with Crippen molar-refractivity contribution in [2.45, 2.75) is 11.7 Å². The van der Waals surface area contributed by atoms with Gasteiger partial charge in [0, 0.05) is 20.4 Å². The van der Waals surface area contributed by atoms with Crippen LogP contribution in [0.5, 0.6) is 0 Å². The summed E-state index contributed by atoms with van der Waals surface area (Å²) in [7, 11) is -0.713. The van der Waals surface area contributed by atoms with Gasteiger partial charge in [0.15, 0.2) is 11.2 Å². The molecule has 24 heavy (non-hydrogen) atoms. The number of aryl methyl sites for hydroxylation is 2. The quantitative estimate of drug-likeness (QED) is 0.658. The standard InChI is InChI=1S/C15H16N4O4S/c1-17-11-12(16-14(17)24(3,22)23)18(2)15(21)19(13(11)20)9-10-7-5-4-6-8-10/h4-8H,9H2,1-3H3. The Balaban J connectivity index is 2.36. The second-order valence-corrected chi connectivity index (χ2v) is 7.53. The van der Waals surface area contributed by atoms with E-state index in [1.807, 2.05) is 18.2 Å². The van der Waals surface area contributed by atoms with Gasteiger partial charge in [0.2, 0.25) is 15.0 Å². The van der Waals surface area contributed by atoms with Crippen LogP contribution in [0.25, 0.3) is 11.2 Å². The smallest absolute Gasteiger partial charge is 0.312 e. The molecule has 0 saturated heterocycles. The van der Waals surface area contributed by atoms with Crippen molar-refractivity contribution in [1.82, 2.24) is 18.7 Å². The van der Waals surface area contributed by atoms with Crippen molar-refractivity contribution in [2.24, 2.45) is 14.1 Å². The second kappa shape index (κ2) is 5.45. The first-order valence-electron chi connectivity index (χ1n) is 7.12. The normalized spacial score (nSPS) is 12.0. The highest BCUT2D eigenvalue weighted by Gasteiger charge is 2.23. The summed E-state index contributed by atoms with van der Waals surface area (Å²) in [5.41, 5.74) is -0.191. The fraction of sp³-hybridized carbons (Fsp3) is 0.267. The van der Waals surface area contributed by atoms with Crippen molar-refractivity contribution in [3.05, 3.63) is 56.7 Å². The Bertz CT molecular complexity index is 1150. The summed E-state index contributed by atoms with van der Waals surface area (Å²) in [5.74, 6) is 0. The SMILES string of the molecule is Cn1c(S(C)(=O)=O)nc2c1c(=O)n(Cc1ccccc1)c(=O)n2C. The van der Waals surface area contributed by atoms with E-state index in [1.165, 1.54) is 23.2 Å². The highest BCUT2D eigenvalue weighted by atomic mass is 32.2. The van der Waals surface area contributed by atoms with Crippen LogP contribution in [-0.4, -0.2) is 33.4 Å². The molecule has 0 aliphatic heterocycles. The maximum atomic E-state index is 12.8. The summed E-state index contributed by atoms with van der Waals surface area (Å²) < 4.78 is 27.1. The van der Waals surface area contributed by atoms with Crippen LogP contribution in [0.3, 0.4) is 0 Å². The largest absolute Gasteiger partial charge is 0.332 e. The molecule has 1 aromatic carbocycles. The van der Waals surface area contributed by atoms with Gasteiger partial charge in [-0.15, -0.1) is 0 Å². The zero-order chi connectivity index (χ0) is 17.6. The zero-order valence-electron chi connectivity index (χ0n) is 13.4. The molecule has 0 saturated carbocycles. The van der Waals surface area contributed by atoms with Crippen LogP contribution >= 0.6 is 0 Å². The van der Waals surface area contributed by atoms with Crippen LogP contribution in [0.1, 0.15) is 5.56 Å². The summed E-state index contributed by atoms with van der Waals surface area (Å²) in [6, 6.07) is 9.08. The molecule has 0 N–H and O–H groups in total. The van der Waals surface area contributed by atoms with E-state index in [1.54, 1.807) is 12.1 Å². The molecule has 0 unspecified atom stereocenters. The van der Waals surface area contributed by atoms with Crippen molar-refractivity contribution in [1.29, 1.82) is 0 Å². The molecule has 0 aliphatic carbocycles. The minimum Gasteiger partial charge on any atom is -0.312 e. The van der Waals surface area contributed by atoms with Crippen LogP contribution < -0.4 is 11.2 Å². The monoisotopic (exact) mass is 348 g/mol. The van der Waals surface area contributed by atoms with E-state index in [4.69, 9.17) is 0 Å². The van der Waals surface area contributed by atoms with E-state index in [9.17, 15) is 18.0 Å². The lowest BCUT2D eigenvalue weighted by Gasteiger charge is -2.08. The first-order valence-corrected chi connectivity index (χ1v) is 9.01. The van der Waals surface area contributed by atoms with Gasteiger partial charge in [0.1, 0.15) is 0 Å². The Morgan fingerprint density at radius 3 is 2.25 bits per heavy atom. The van der Waals surface area contributed by atoms with E-state index < -0.39 is 21.1 Å². The van der Waals surface area contributed by atoms with E-state index >= 15 is 0 Å². The number of hydrogen-bond acceptors (Lipinski definition) is 5. The lowest BCUT2D eigenvalue weighted by Crippen LogP contribution is -2.39. The average molecular weight is 348 g/mol. The molecule has 3 rings (SSSR count). The Kier molecular flexibility index (Phi) is 3.67. The Morgan fingerprint density at radius 2 is 1.67 bits per heavy atom. The summed E-state index contributed by atoms with van der Waals surface area (Å²) in [6.45, 7) is 0.0989. The van der Waals surface area contributed by atoms with Crippen LogP contribution in [0, 0.1) is 0 Å². The minimum absolute atomic E-state index is 0.0530. The lowest BCUT2D eigenvalue weighted by atomic mass is 10.2. The second-order valence-electron chi connectivity index (χ2n) is 5.62. The summed E-state index contributed by atoms with van der Waals surface area (Å²) in [5, 5.41) is -0.248. The van der Waals surface area contributed by atoms with Gasteiger partial charge in [0.25, 0.3) is 5.56 Å². The third-order valence-corrected chi connectivity index (χ3v) is 4.86. The van der Waals surface area contributed by atoms with E-state index in [-0.39, 0.29) is 22.9 Å². The third kappa shape index (κ3) is 2.46. The predicted octanol–water partition coefficient (Wildman–Crippen LogP) is -0.115. The fourth-order valence-corrected chi connectivity index (χ4v) is 3.50. The van der Waals surface area contributed by atoms with Crippen molar-refractivity contribution in [2.75, 3.05) is 6.26 Å². The summed E-state index contributed by atoms with van der Waals surface area (Å²) >= 11 is 0.